The highest BCUT2D eigenvalue weighted by Gasteiger charge is 2.14. The van der Waals surface area contributed by atoms with Gasteiger partial charge in [-0.05, 0) is 31.0 Å². The Kier molecular flexibility index (Phi) is 4.24. The summed E-state index contributed by atoms with van der Waals surface area (Å²) in [5.74, 6) is 0. The molecule has 1 fully saturated rings. The Bertz CT molecular complexity index is 692. The van der Waals surface area contributed by atoms with E-state index in [2.05, 4.69) is 13.4 Å². The maximum atomic E-state index is 11.8. The average Bonchev–Trinajstić information content (AvgIpc) is 2.78. The van der Waals surface area contributed by atoms with E-state index < -0.39 is 19.9 Å². The lowest BCUT2D eigenvalue weighted by atomic mass is 10.2. The van der Waals surface area contributed by atoms with Crippen LogP contribution in [0.5, 0.6) is 0 Å². The van der Waals surface area contributed by atoms with Crippen LogP contribution in [0.2, 0.25) is 0 Å². The zero-order valence-electron chi connectivity index (χ0n) is 11.6. The van der Waals surface area contributed by atoms with Crippen LogP contribution in [-0.2, 0) is 19.9 Å². The Balaban J connectivity index is 2.22. The molecule has 20 heavy (non-hydrogen) atoms. The fraction of sp³-hybridized carbons (Fsp3) is 0.500. The minimum Gasteiger partial charge on any atom is -0.371 e. The van der Waals surface area contributed by atoms with Crippen LogP contribution in [0.25, 0.3) is 0 Å². The second-order valence-electron chi connectivity index (χ2n) is 5.08. The average molecular weight is 317 g/mol. The zero-order chi connectivity index (χ0) is 14.8. The maximum Gasteiger partial charge on any atom is 0.350 e. The summed E-state index contributed by atoms with van der Waals surface area (Å²) in [6, 6.07) is 7.16. The molecular formula is C12H19N3O3S2. The summed E-state index contributed by atoms with van der Waals surface area (Å²) < 4.78 is 40.7. The van der Waals surface area contributed by atoms with Crippen molar-refractivity contribution in [3.63, 3.8) is 0 Å². The van der Waals surface area contributed by atoms with Crippen molar-refractivity contribution in [2.75, 3.05) is 35.2 Å². The molecule has 1 saturated heterocycles. The van der Waals surface area contributed by atoms with Gasteiger partial charge in [-0.3, -0.25) is 4.72 Å². The van der Waals surface area contributed by atoms with Crippen LogP contribution in [0.3, 0.4) is 0 Å². The van der Waals surface area contributed by atoms with Gasteiger partial charge in [0.15, 0.2) is 0 Å². The number of anilines is 2. The molecular weight excluding hydrogens is 298 g/mol. The lowest BCUT2D eigenvalue weighted by Crippen LogP contribution is -2.18. The predicted octanol–water partition coefficient (Wildman–Crippen LogP) is 1.67. The molecule has 0 bridgehead atoms. The first-order valence-corrected chi connectivity index (χ1v) is 10.1. The molecule has 1 aliphatic heterocycles. The molecule has 0 aliphatic carbocycles. The molecule has 112 valence electrons. The lowest BCUT2D eigenvalue weighted by Gasteiger charge is -2.18. The predicted molar refractivity (Wildman–Crippen MR) is 82.8 cm³/mol. The van der Waals surface area contributed by atoms with Crippen molar-refractivity contribution in [1.29, 1.82) is 0 Å². The van der Waals surface area contributed by atoms with E-state index >= 15 is 0 Å². The topological polar surface area (TPSA) is 78.8 Å². The summed E-state index contributed by atoms with van der Waals surface area (Å²) >= 11 is 0. The van der Waals surface area contributed by atoms with Gasteiger partial charge in [-0.25, -0.2) is 4.21 Å². The zero-order valence-corrected chi connectivity index (χ0v) is 13.2. The first-order valence-electron chi connectivity index (χ1n) is 6.31. The van der Waals surface area contributed by atoms with Gasteiger partial charge in [0.1, 0.15) is 0 Å². The molecule has 0 aromatic heterocycles. The highest BCUT2D eigenvalue weighted by atomic mass is 32.3. The van der Waals surface area contributed by atoms with E-state index in [1.165, 1.54) is 12.5 Å². The molecule has 1 aromatic rings. The van der Waals surface area contributed by atoms with Gasteiger partial charge >= 0.3 is 10.2 Å². The summed E-state index contributed by atoms with van der Waals surface area (Å²) in [5.41, 5.74) is 1.42. The largest absolute Gasteiger partial charge is 0.371 e. The molecule has 0 atom stereocenters. The van der Waals surface area contributed by atoms with E-state index in [0.29, 0.717) is 5.69 Å². The molecule has 8 heteroatoms. The van der Waals surface area contributed by atoms with Crippen LogP contribution >= 0.6 is 0 Å². The molecule has 1 heterocycles. The highest BCUT2D eigenvalue weighted by molar-refractivity contribution is 8.03. The fourth-order valence-corrected chi connectivity index (χ4v) is 4.61. The summed E-state index contributed by atoms with van der Waals surface area (Å²) in [6.07, 6.45) is 4.87. The summed E-state index contributed by atoms with van der Waals surface area (Å²) in [6.45, 7) is 1.97. The van der Waals surface area contributed by atoms with E-state index in [0.717, 1.165) is 31.6 Å². The Morgan fingerprint density at radius 2 is 1.80 bits per heavy atom. The summed E-state index contributed by atoms with van der Waals surface area (Å²) in [4.78, 5) is 2.21. The van der Waals surface area contributed by atoms with Crippen molar-refractivity contribution in [2.24, 2.45) is 3.77 Å². The first-order chi connectivity index (χ1) is 9.25. The van der Waals surface area contributed by atoms with Crippen LogP contribution < -0.4 is 9.62 Å². The molecule has 2 rings (SSSR count). The standard InChI is InChI=1S/C12H19N3O3S2/c1-19(2,16)14-20(17,18)13-11-6-5-7-12(10-11)15-8-3-4-9-15/h5-7,10,13H,3-4,8-9H2,1-2H3. The van der Waals surface area contributed by atoms with E-state index in [1.54, 1.807) is 18.2 Å². The molecule has 6 nitrogen and oxygen atoms in total. The Morgan fingerprint density at radius 3 is 2.40 bits per heavy atom. The second kappa shape index (κ2) is 5.61. The van der Waals surface area contributed by atoms with Crippen LogP contribution in [0, 0.1) is 0 Å². The molecule has 0 amide bonds. The molecule has 1 aliphatic rings. The van der Waals surface area contributed by atoms with Gasteiger partial charge in [-0.2, -0.15) is 8.42 Å². The number of hydrogen-bond donors (Lipinski definition) is 1. The maximum absolute atomic E-state index is 11.8. The van der Waals surface area contributed by atoms with E-state index in [4.69, 9.17) is 0 Å². The highest BCUT2D eigenvalue weighted by Crippen LogP contribution is 2.24. The van der Waals surface area contributed by atoms with Crippen molar-refractivity contribution in [1.82, 2.24) is 0 Å². The van der Waals surface area contributed by atoms with Gasteiger partial charge in [0.2, 0.25) is 0 Å². The molecule has 0 spiro atoms. The Hall–Kier alpha value is -1.28. The van der Waals surface area contributed by atoms with Gasteiger partial charge < -0.3 is 4.90 Å². The molecule has 0 saturated carbocycles. The number of nitrogens with one attached hydrogen (secondary N) is 1. The second-order valence-corrected chi connectivity index (χ2v) is 9.19. The number of rotatable bonds is 4. The van der Waals surface area contributed by atoms with Crippen molar-refractivity contribution in [3.05, 3.63) is 24.3 Å². The third-order valence-electron chi connectivity index (χ3n) is 2.84. The van der Waals surface area contributed by atoms with Crippen molar-refractivity contribution >= 4 is 31.3 Å². The number of hydrogen-bond acceptors (Lipinski definition) is 4. The number of benzene rings is 1. The monoisotopic (exact) mass is 317 g/mol. The van der Waals surface area contributed by atoms with Crippen molar-refractivity contribution in [2.45, 2.75) is 12.8 Å². The van der Waals surface area contributed by atoms with E-state index in [-0.39, 0.29) is 0 Å². The Morgan fingerprint density at radius 1 is 1.15 bits per heavy atom. The van der Waals surface area contributed by atoms with Gasteiger partial charge in [-0.15, -0.1) is 0 Å². The minimum absolute atomic E-state index is 0.432. The lowest BCUT2D eigenvalue weighted by molar-refractivity contribution is 0.603. The minimum atomic E-state index is -3.95. The summed E-state index contributed by atoms with van der Waals surface area (Å²) in [5, 5.41) is 0. The molecule has 0 radical (unpaired) electrons. The van der Waals surface area contributed by atoms with Gasteiger partial charge in [0.25, 0.3) is 0 Å². The molecule has 1 N–H and O–H groups in total. The van der Waals surface area contributed by atoms with E-state index in [9.17, 15) is 12.6 Å². The SMILES string of the molecule is CS(C)(=O)=NS(=O)(=O)Nc1cccc(N2CCCC2)c1. The fourth-order valence-electron chi connectivity index (χ4n) is 2.15. The van der Waals surface area contributed by atoms with Crippen LogP contribution in [-0.4, -0.2) is 38.2 Å². The van der Waals surface area contributed by atoms with E-state index in [1.807, 2.05) is 6.07 Å². The number of nitrogens with zero attached hydrogens (tertiary/aromatic N) is 2. The van der Waals surface area contributed by atoms with Crippen LogP contribution in [0.15, 0.2) is 28.0 Å². The van der Waals surface area contributed by atoms with Crippen LogP contribution in [0.4, 0.5) is 11.4 Å². The Labute approximate surface area is 120 Å². The quantitative estimate of drug-likeness (QED) is 0.916. The van der Waals surface area contributed by atoms with Gasteiger partial charge in [-0.1, -0.05) is 9.83 Å². The smallest absolute Gasteiger partial charge is 0.350 e. The summed E-state index contributed by atoms with van der Waals surface area (Å²) in [7, 11) is -6.67. The molecule has 0 unspecified atom stereocenters. The third-order valence-corrected chi connectivity index (χ3v) is 5.56. The van der Waals surface area contributed by atoms with Crippen molar-refractivity contribution in [3.8, 4) is 0 Å². The van der Waals surface area contributed by atoms with Gasteiger partial charge in [0, 0.05) is 31.3 Å². The normalized spacial score (nSPS) is 16.2. The van der Waals surface area contributed by atoms with Gasteiger partial charge in [0.05, 0.1) is 15.4 Å². The van der Waals surface area contributed by atoms with Crippen molar-refractivity contribution < 1.29 is 12.6 Å². The third kappa shape index (κ3) is 4.38. The van der Waals surface area contributed by atoms with Crippen LogP contribution in [0.1, 0.15) is 12.8 Å². The first kappa shape index (κ1) is 15.1. The molecule has 1 aromatic carbocycles.